The molecule has 1 saturated carbocycles. The number of nitriles is 1. The molecule has 7 atom stereocenters. The maximum Gasteiger partial charge on any atom is 0.459 e. The number of benzene rings is 1. The lowest BCUT2D eigenvalue weighted by molar-refractivity contribution is -0.170. The minimum absolute atomic E-state index is 0.00961. The van der Waals surface area contributed by atoms with Crippen LogP contribution in [0.15, 0.2) is 53.8 Å². The van der Waals surface area contributed by atoms with Gasteiger partial charge in [-0.15, -0.1) is 0 Å². The number of rotatable bonds is 19. The van der Waals surface area contributed by atoms with Crippen LogP contribution in [0.25, 0.3) is 5.52 Å². The van der Waals surface area contributed by atoms with E-state index >= 15 is 0 Å². The quantitative estimate of drug-likeness (QED) is 0.0685. The van der Waals surface area contributed by atoms with Gasteiger partial charge in [-0.2, -0.15) is 15.4 Å². The van der Waals surface area contributed by atoms with Crippen molar-refractivity contribution >= 4 is 43.3 Å². The molecule has 3 N–H and O–H groups in total. The fourth-order valence-electron chi connectivity index (χ4n) is 5.93. The molecule has 2 aliphatic rings. The summed E-state index contributed by atoms with van der Waals surface area (Å²) >= 11 is 0. The molecule has 20 heteroatoms. The Morgan fingerprint density at radius 1 is 1.19 bits per heavy atom. The number of para-hydroxylation sites is 1. The largest absolute Gasteiger partial charge is 0.480 e. The summed E-state index contributed by atoms with van der Waals surface area (Å²) in [6.45, 7) is 3.76. The summed E-state index contributed by atoms with van der Waals surface area (Å²) in [5, 5.41) is 38.5. The first-order chi connectivity index (χ1) is 25.7. The Morgan fingerprint density at radius 2 is 1.91 bits per heavy atom. The lowest BCUT2D eigenvalue weighted by Gasteiger charge is -2.32. The first-order valence-electron chi connectivity index (χ1n) is 17.0. The molecule has 1 aromatic carbocycles. The first kappa shape index (κ1) is 40.2. The Balaban J connectivity index is 1.49. The van der Waals surface area contributed by atoms with Crippen molar-refractivity contribution in [2.45, 2.75) is 69.2 Å². The highest BCUT2D eigenvalue weighted by Gasteiger charge is 2.87. The minimum Gasteiger partial charge on any atom is -0.480 e. The monoisotopic (exact) mass is 771 g/mol. The Hall–Kier alpha value is -4.96. The van der Waals surface area contributed by atoms with Gasteiger partial charge in [-0.1, -0.05) is 44.9 Å². The van der Waals surface area contributed by atoms with Gasteiger partial charge in [-0.25, -0.2) is 28.6 Å². The molecule has 1 aliphatic carbocycles. The summed E-state index contributed by atoms with van der Waals surface area (Å²) in [5.41, 5.74) is -4.14. The van der Waals surface area contributed by atoms with E-state index in [0.29, 0.717) is 5.52 Å². The van der Waals surface area contributed by atoms with E-state index in [-0.39, 0.29) is 29.8 Å². The van der Waals surface area contributed by atoms with Crippen LogP contribution in [0.4, 0.5) is 5.82 Å². The number of aliphatic imine (C=N–C) groups is 1. The van der Waals surface area contributed by atoms with E-state index < -0.39 is 74.4 Å². The van der Waals surface area contributed by atoms with E-state index in [1.165, 1.54) is 42.3 Å². The molecule has 1 saturated heterocycles. The van der Waals surface area contributed by atoms with Gasteiger partial charge in [0.25, 0.3) is 0 Å². The van der Waals surface area contributed by atoms with Crippen LogP contribution in [0.3, 0.4) is 0 Å². The van der Waals surface area contributed by atoms with E-state index in [0.717, 1.165) is 12.8 Å². The number of ether oxygens (including phenoxy) is 4. The van der Waals surface area contributed by atoms with Crippen molar-refractivity contribution < 1.29 is 57.2 Å². The third kappa shape index (κ3) is 8.23. The number of esters is 2. The summed E-state index contributed by atoms with van der Waals surface area (Å²) < 4.78 is 49.9. The minimum atomic E-state index is -4.65. The number of aliphatic carboxylic acids is 1. The Labute approximate surface area is 310 Å². The average Bonchev–Trinajstić information content (AvgIpc) is 3.37. The number of carbonyl (C=O) groups excluding carboxylic acids is 2. The Bertz CT molecular complexity index is 1950. The van der Waals surface area contributed by atoms with Gasteiger partial charge in [0.2, 0.25) is 11.2 Å². The van der Waals surface area contributed by atoms with Gasteiger partial charge in [0.05, 0.1) is 18.6 Å². The predicted molar refractivity (Wildman–Crippen MR) is 187 cm³/mol. The Morgan fingerprint density at radius 3 is 2.56 bits per heavy atom. The molecule has 0 bridgehead atoms. The number of hydrogen-bond donors (Lipinski definition) is 3. The summed E-state index contributed by atoms with van der Waals surface area (Å²) in [6.07, 6.45) is -0.811. The molecular weight excluding hydrogens is 729 g/mol. The molecule has 0 spiro atoms. The lowest BCUT2D eigenvalue weighted by Crippen LogP contribution is -2.49. The number of hydrogen-bond acceptors (Lipinski definition) is 15. The molecule has 19 nitrogen and oxygen atoms in total. The molecule has 3 heterocycles. The number of nitrogens with zero attached hydrogens (tertiary/aromatic N) is 6. The van der Waals surface area contributed by atoms with E-state index in [9.17, 15) is 29.3 Å². The average molecular weight is 772 g/mol. The zero-order valence-corrected chi connectivity index (χ0v) is 31.1. The Kier molecular flexibility index (Phi) is 12.4. The highest BCUT2D eigenvalue weighted by molar-refractivity contribution is 7.52. The zero-order valence-electron chi connectivity index (χ0n) is 30.2. The number of fused-ring (bicyclic) bond motifs is 2. The van der Waals surface area contributed by atoms with Gasteiger partial charge < -0.3 is 38.6 Å². The van der Waals surface area contributed by atoms with E-state index in [4.69, 9.17) is 33.1 Å². The highest BCUT2D eigenvalue weighted by Crippen LogP contribution is 2.65. The van der Waals surface area contributed by atoms with Crippen LogP contribution in [-0.2, 0) is 48.0 Å². The van der Waals surface area contributed by atoms with Crippen molar-refractivity contribution in [1.29, 1.82) is 5.26 Å². The van der Waals surface area contributed by atoms with Crippen LogP contribution in [-0.4, -0.2) is 118 Å². The van der Waals surface area contributed by atoms with Crippen LogP contribution < -0.4 is 9.61 Å². The van der Waals surface area contributed by atoms with Gasteiger partial charge in [-0.05, 0) is 37.1 Å². The van der Waals surface area contributed by atoms with Gasteiger partial charge in [0.15, 0.2) is 5.82 Å². The third-order valence-electron chi connectivity index (χ3n) is 8.85. The lowest BCUT2D eigenvalue weighted by atomic mass is 9.90. The second-order valence-electron chi connectivity index (χ2n) is 12.9. The van der Waals surface area contributed by atoms with E-state index in [2.05, 4.69) is 20.2 Å². The predicted octanol–water partition coefficient (Wildman–Crippen LogP) is 2.36. The van der Waals surface area contributed by atoms with Crippen molar-refractivity contribution in [3.63, 3.8) is 0 Å². The molecule has 0 amide bonds. The number of carboxylic acids is 1. The second kappa shape index (κ2) is 16.6. The number of aliphatic hydroxyl groups excluding tert-OH is 1. The maximum atomic E-state index is 14.6. The number of aromatic nitrogens is 3. The fraction of sp³-hybridized carbons (Fsp3) is 0.500. The van der Waals surface area contributed by atoms with Crippen molar-refractivity contribution in [2.24, 2.45) is 10.9 Å². The van der Waals surface area contributed by atoms with Crippen LogP contribution >= 0.6 is 7.75 Å². The number of nitrogens with one attached hydrogen (secondary N) is 1. The summed E-state index contributed by atoms with van der Waals surface area (Å²) in [4.78, 5) is 47.3. The van der Waals surface area contributed by atoms with Crippen LogP contribution in [0, 0.1) is 17.2 Å². The van der Waals surface area contributed by atoms with Crippen molar-refractivity contribution in [1.82, 2.24) is 24.6 Å². The van der Waals surface area contributed by atoms with Gasteiger partial charge in [0, 0.05) is 14.1 Å². The topological polar surface area (TPSA) is 246 Å². The fourth-order valence-corrected chi connectivity index (χ4v) is 7.64. The number of carboxylic acid groups (broad SMARTS) is 1. The highest BCUT2D eigenvalue weighted by atomic mass is 31.2. The van der Waals surface area contributed by atoms with E-state index in [1.807, 2.05) is 19.9 Å². The van der Waals surface area contributed by atoms with Gasteiger partial charge >= 0.3 is 25.7 Å². The van der Waals surface area contributed by atoms with Gasteiger partial charge in [0.1, 0.15) is 61.2 Å². The molecule has 5 rings (SSSR count). The normalized spacial score (nSPS) is 24.7. The standard InChI is InChI=1S/C34H42N7O12P/c1-6-22(7-2)15-49-31(45)21(3)39-54(47,52-23-11-9-8-10-12-23)53-29-28-34(29,50-27(44)17-48-16-26(42)43)32(46)33(18-35,51-28)25-14-13-24-30(37-20-40(4)5)36-19-38-41(24)25/h8-14,19-22,28-29,32,46H,6-7,15-17H2,1-5H3,(H,39,47)(H,42,43)/b37-20-/t21-,28+,29?,32-,33-,34-,54+/m0/s1. The SMILES string of the molecule is CCC(CC)COC(=O)[C@H](C)N[P@@](=O)(Oc1ccccc1)OC1[C@H]2O[C@@](C#N)(c3ccc4c(/N=C\N(C)C)ncnn34)[C@H](O)[C@@]12OC(=O)COCC(=O)O. The number of aliphatic hydroxyl groups is 1. The van der Waals surface area contributed by atoms with Crippen molar-refractivity contribution in [3.8, 4) is 11.8 Å². The molecule has 54 heavy (non-hydrogen) atoms. The summed E-state index contributed by atoms with van der Waals surface area (Å²) in [5.74, 6) is -2.84. The number of carbonyl (C=O) groups is 3. The second-order valence-corrected chi connectivity index (χ2v) is 14.5. The zero-order chi connectivity index (χ0) is 39.3. The molecular formula is C34H42N7O12P. The molecule has 2 aromatic heterocycles. The summed E-state index contributed by atoms with van der Waals surface area (Å²) in [7, 11) is -1.13. The van der Waals surface area contributed by atoms with Gasteiger partial charge in [-0.3, -0.25) is 9.32 Å². The van der Waals surface area contributed by atoms with Crippen LogP contribution in [0.2, 0.25) is 0 Å². The molecule has 1 aliphatic heterocycles. The van der Waals surface area contributed by atoms with Crippen LogP contribution in [0.5, 0.6) is 5.75 Å². The molecule has 0 radical (unpaired) electrons. The first-order valence-corrected chi connectivity index (χ1v) is 18.6. The van der Waals surface area contributed by atoms with Crippen molar-refractivity contribution in [2.75, 3.05) is 33.9 Å². The molecule has 1 unspecified atom stereocenters. The smallest absolute Gasteiger partial charge is 0.459 e. The van der Waals surface area contributed by atoms with Crippen LogP contribution in [0.1, 0.15) is 39.3 Å². The molecule has 3 aromatic rings. The maximum absolute atomic E-state index is 14.6. The molecule has 290 valence electrons. The van der Waals surface area contributed by atoms with Crippen molar-refractivity contribution in [3.05, 3.63) is 54.5 Å². The third-order valence-corrected chi connectivity index (χ3v) is 10.5. The summed E-state index contributed by atoms with van der Waals surface area (Å²) in [6, 6.07) is 11.6. The van der Waals surface area contributed by atoms with E-state index in [1.54, 1.807) is 43.3 Å². The molecule has 2 fully saturated rings.